The average Bonchev–Trinajstić information content (AvgIpc) is 2.98. The minimum absolute atomic E-state index is 0.0920. The lowest BCUT2D eigenvalue weighted by Crippen LogP contribution is -2.33. The van der Waals surface area contributed by atoms with Crippen molar-refractivity contribution in [2.45, 2.75) is 32.6 Å². The molecule has 0 aromatic heterocycles. The predicted molar refractivity (Wildman–Crippen MR) is 94.1 cm³/mol. The molecule has 4 nitrogen and oxygen atoms in total. The van der Waals surface area contributed by atoms with E-state index in [2.05, 4.69) is 17.5 Å². The first-order valence-corrected chi connectivity index (χ1v) is 8.61. The lowest BCUT2D eigenvalue weighted by Gasteiger charge is -2.26. The standard InChI is InChI=1S/C19H26N2O2/c1-3-16-13-17-7-10-21(15(2)22)18(17)14-19(16)23-12-11-20-8-5-4-6-9-20/h3,13-14H,1,4-12H2,2H3. The third-order valence-corrected chi connectivity index (χ3v) is 4.82. The van der Waals surface area contributed by atoms with Crippen molar-refractivity contribution in [3.8, 4) is 5.75 Å². The highest BCUT2D eigenvalue weighted by atomic mass is 16.5. The van der Waals surface area contributed by atoms with Gasteiger partial charge in [0.1, 0.15) is 12.4 Å². The zero-order valence-electron chi connectivity index (χ0n) is 14.0. The van der Waals surface area contributed by atoms with Crippen LogP contribution in [0.3, 0.4) is 0 Å². The van der Waals surface area contributed by atoms with E-state index in [9.17, 15) is 4.79 Å². The monoisotopic (exact) mass is 314 g/mol. The van der Waals surface area contributed by atoms with Crippen molar-refractivity contribution >= 4 is 17.7 Å². The number of fused-ring (bicyclic) bond motifs is 1. The van der Waals surface area contributed by atoms with Crippen molar-refractivity contribution in [3.63, 3.8) is 0 Å². The minimum atomic E-state index is 0.0920. The molecule has 2 aliphatic heterocycles. The summed E-state index contributed by atoms with van der Waals surface area (Å²) < 4.78 is 6.03. The second-order valence-corrected chi connectivity index (χ2v) is 6.39. The summed E-state index contributed by atoms with van der Waals surface area (Å²) in [6, 6.07) is 4.12. The number of anilines is 1. The van der Waals surface area contributed by atoms with Crippen molar-refractivity contribution in [1.82, 2.24) is 4.90 Å². The molecule has 1 aromatic carbocycles. The molecule has 1 saturated heterocycles. The van der Waals surface area contributed by atoms with Gasteiger partial charge in [0.05, 0.1) is 5.69 Å². The molecule has 0 unspecified atom stereocenters. The van der Waals surface area contributed by atoms with E-state index in [1.165, 1.54) is 37.9 Å². The summed E-state index contributed by atoms with van der Waals surface area (Å²) in [6.45, 7) is 10.3. The van der Waals surface area contributed by atoms with E-state index in [4.69, 9.17) is 4.74 Å². The molecule has 1 amide bonds. The van der Waals surface area contributed by atoms with Gasteiger partial charge in [0, 0.05) is 31.6 Å². The topological polar surface area (TPSA) is 32.8 Å². The van der Waals surface area contributed by atoms with Crippen LogP contribution in [0.25, 0.3) is 6.08 Å². The Labute approximate surface area is 138 Å². The largest absolute Gasteiger partial charge is 0.492 e. The molecule has 2 heterocycles. The van der Waals surface area contributed by atoms with Crippen molar-refractivity contribution in [1.29, 1.82) is 0 Å². The Balaban J connectivity index is 1.69. The van der Waals surface area contributed by atoms with Gasteiger partial charge in [0.2, 0.25) is 5.91 Å². The zero-order valence-corrected chi connectivity index (χ0v) is 14.0. The second-order valence-electron chi connectivity index (χ2n) is 6.39. The van der Waals surface area contributed by atoms with E-state index in [-0.39, 0.29) is 5.91 Å². The number of benzene rings is 1. The van der Waals surface area contributed by atoms with E-state index in [0.717, 1.165) is 36.5 Å². The van der Waals surface area contributed by atoms with E-state index in [1.54, 1.807) is 6.92 Å². The normalized spacial score (nSPS) is 17.9. The molecule has 23 heavy (non-hydrogen) atoms. The number of ether oxygens (including phenoxy) is 1. The highest BCUT2D eigenvalue weighted by Crippen LogP contribution is 2.35. The summed E-state index contributed by atoms with van der Waals surface area (Å²) in [5.74, 6) is 0.929. The van der Waals surface area contributed by atoms with Gasteiger partial charge in [0.25, 0.3) is 0 Å². The van der Waals surface area contributed by atoms with Gasteiger partial charge in [0.15, 0.2) is 0 Å². The Morgan fingerprint density at radius 3 is 2.74 bits per heavy atom. The molecule has 0 bridgehead atoms. The van der Waals surface area contributed by atoms with Crippen molar-refractivity contribution < 1.29 is 9.53 Å². The fourth-order valence-corrected chi connectivity index (χ4v) is 3.52. The van der Waals surface area contributed by atoms with Gasteiger partial charge in [-0.25, -0.2) is 0 Å². The predicted octanol–water partition coefficient (Wildman–Crippen LogP) is 3.10. The Kier molecular flexibility index (Phi) is 5.01. The van der Waals surface area contributed by atoms with E-state index < -0.39 is 0 Å². The summed E-state index contributed by atoms with van der Waals surface area (Å²) in [5, 5.41) is 0. The first-order chi connectivity index (χ1) is 11.2. The molecule has 3 rings (SSSR count). The van der Waals surface area contributed by atoms with Crippen molar-refractivity contribution in [2.24, 2.45) is 0 Å². The van der Waals surface area contributed by atoms with Crippen LogP contribution in [-0.4, -0.2) is 43.6 Å². The van der Waals surface area contributed by atoms with E-state index >= 15 is 0 Å². The number of carbonyl (C=O) groups is 1. The second kappa shape index (κ2) is 7.18. The molecular weight excluding hydrogens is 288 g/mol. The van der Waals surface area contributed by atoms with E-state index in [1.807, 2.05) is 17.0 Å². The Bertz CT molecular complexity index is 591. The Morgan fingerprint density at radius 1 is 1.26 bits per heavy atom. The van der Waals surface area contributed by atoms with Crippen LogP contribution in [0.4, 0.5) is 5.69 Å². The maximum atomic E-state index is 11.8. The molecule has 4 heteroatoms. The summed E-state index contributed by atoms with van der Waals surface area (Å²) in [6.07, 6.45) is 6.69. The number of carbonyl (C=O) groups excluding carboxylic acids is 1. The average molecular weight is 314 g/mol. The van der Waals surface area contributed by atoms with Crippen molar-refractivity contribution in [3.05, 3.63) is 29.8 Å². The fraction of sp³-hybridized carbons (Fsp3) is 0.526. The third kappa shape index (κ3) is 3.58. The minimum Gasteiger partial charge on any atom is -0.492 e. The van der Waals surface area contributed by atoms with Gasteiger partial charge in [-0.1, -0.05) is 19.1 Å². The zero-order chi connectivity index (χ0) is 16.2. The quantitative estimate of drug-likeness (QED) is 0.837. The van der Waals surface area contributed by atoms with Crippen LogP contribution < -0.4 is 9.64 Å². The molecule has 1 fully saturated rings. The maximum Gasteiger partial charge on any atom is 0.223 e. The maximum absolute atomic E-state index is 11.8. The van der Waals surface area contributed by atoms with Crippen LogP contribution in [0.5, 0.6) is 5.75 Å². The molecule has 0 atom stereocenters. The van der Waals surface area contributed by atoms with Crippen LogP contribution in [-0.2, 0) is 11.2 Å². The van der Waals surface area contributed by atoms with Crippen LogP contribution >= 0.6 is 0 Å². The first-order valence-electron chi connectivity index (χ1n) is 8.61. The molecule has 0 N–H and O–H groups in total. The Hall–Kier alpha value is -1.81. The molecule has 0 aliphatic carbocycles. The number of rotatable bonds is 5. The number of amides is 1. The number of hydrogen-bond donors (Lipinski definition) is 0. The number of piperidine rings is 1. The van der Waals surface area contributed by atoms with Crippen LogP contribution in [0.15, 0.2) is 18.7 Å². The van der Waals surface area contributed by atoms with Gasteiger partial charge < -0.3 is 9.64 Å². The van der Waals surface area contributed by atoms with Gasteiger partial charge in [-0.05, 0) is 44.0 Å². The molecule has 0 spiro atoms. The van der Waals surface area contributed by atoms with Crippen LogP contribution in [0.2, 0.25) is 0 Å². The summed E-state index contributed by atoms with van der Waals surface area (Å²) in [5.41, 5.74) is 3.22. The van der Waals surface area contributed by atoms with Gasteiger partial charge in [-0.3, -0.25) is 9.69 Å². The number of nitrogens with zero attached hydrogens (tertiary/aromatic N) is 2. The molecule has 124 valence electrons. The number of likely N-dealkylation sites (tertiary alicyclic amines) is 1. The van der Waals surface area contributed by atoms with Gasteiger partial charge >= 0.3 is 0 Å². The van der Waals surface area contributed by atoms with E-state index in [0.29, 0.717) is 6.61 Å². The molecular formula is C19H26N2O2. The summed E-state index contributed by atoms with van der Waals surface area (Å²) in [4.78, 5) is 16.1. The summed E-state index contributed by atoms with van der Waals surface area (Å²) >= 11 is 0. The van der Waals surface area contributed by atoms with Crippen molar-refractivity contribution in [2.75, 3.05) is 37.7 Å². The SMILES string of the molecule is C=Cc1cc2c(cc1OCCN1CCCCC1)N(C(C)=O)CC2. The highest BCUT2D eigenvalue weighted by Gasteiger charge is 2.24. The molecule has 0 saturated carbocycles. The summed E-state index contributed by atoms with van der Waals surface area (Å²) in [7, 11) is 0. The molecule has 2 aliphatic rings. The van der Waals surface area contributed by atoms with Gasteiger partial charge in [-0.15, -0.1) is 0 Å². The lowest BCUT2D eigenvalue weighted by atomic mass is 10.1. The van der Waals surface area contributed by atoms with Crippen LogP contribution in [0.1, 0.15) is 37.3 Å². The smallest absolute Gasteiger partial charge is 0.223 e. The van der Waals surface area contributed by atoms with Crippen LogP contribution in [0, 0.1) is 0 Å². The highest BCUT2D eigenvalue weighted by molar-refractivity contribution is 5.94. The fourth-order valence-electron chi connectivity index (χ4n) is 3.52. The first kappa shape index (κ1) is 16.1. The molecule has 1 aromatic rings. The lowest BCUT2D eigenvalue weighted by molar-refractivity contribution is -0.116. The van der Waals surface area contributed by atoms with Gasteiger partial charge in [-0.2, -0.15) is 0 Å². The Morgan fingerprint density at radius 2 is 2.04 bits per heavy atom. The number of hydrogen-bond acceptors (Lipinski definition) is 3. The molecule has 0 radical (unpaired) electrons. The third-order valence-electron chi connectivity index (χ3n) is 4.82.